The van der Waals surface area contributed by atoms with Gasteiger partial charge in [-0.15, -0.1) is 0 Å². The van der Waals surface area contributed by atoms with E-state index in [2.05, 4.69) is 23.3 Å². The Hall–Kier alpha value is -1.29. The van der Waals surface area contributed by atoms with Crippen LogP contribution in [-0.4, -0.2) is 19.1 Å². The van der Waals surface area contributed by atoms with Crippen molar-refractivity contribution in [3.8, 4) is 5.75 Å². The number of nitrogens with one attached hydrogen (secondary N) is 1. The fourth-order valence-electron chi connectivity index (χ4n) is 2.39. The molecule has 21 heavy (non-hydrogen) atoms. The Morgan fingerprint density at radius 2 is 1.95 bits per heavy atom. The minimum atomic E-state index is -0.163. The Morgan fingerprint density at radius 3 is 2.52 bits per heavy atom. The van der Waals surface area contributed by atoms with E-state index >= 15 is 0 Å². The Kier molecular flexibility index (Phi) is 5.09. The van der Waals surface area contributed by atoms with E-state index in [4.69, 9.17) is 27.9 Å². The summed E-state index contributed by atoms with van der Waals surface area (Å²) in [6.07, 6.45) is 1.60. The summed E-state index contributed by atoms with van der Waals surface area (Å²) in [6.45, 7) is 4.10. The van der Waals surface area contributed by atoms with Gasteiger partial charge in [0.15, 0.2) is 0 Å². The Bertz CT molecular complexity index is 659. The number of benzene rings is 1. The first kappa shape index (κ1) is 16.1. The van der Waals surface area contributed by atoms with E-state index < -0.39 is 0 Å². The van der Waals surface area contributed by atoms with Gasteiger partial charge >= 0.3 is 0 Å². The SMILES string of the molecule is CNC(c1ccc(C)c(C)c1OC)c1ncc(Cl)cc1Cl. The highest BCUT2D eigenvalue weighted by molar-refractivity contribution is 6.34. The highest BCUT2D eigenvalue weighted by Gasteiger charge is 2.22. The van der Waals surface area contributed by atoms with E-state index in [0.29, 0.717) is 10.0 Å². The van der Waals surface area contributed by atoms with E-state index in [1.54, 1.807) is 19.4 Å². The molecule has 5 heteroatoms. The average Bonchev–Trinajstić information content (AvgIpc) is 2.45. The molecule has 0 bridgehead atoms. The standard InChI is InChI=1S/C16H18Cl2N2O/c1-9-5-6-12(16(21-4)10(9)2)14(19-3)15-13(18)7-11(17)8-20-15/h5-8,14,19H,1-4H3. The Balaban J connectivity index is 2.59. The third kappa shape index (κ3) is 3.15. The van der Waals surface area contributed by atoms with Crippen molar-refractivity contribution in [2.24, 2.45) is 0 Å². The summed E-state index contributed by atoms with van der Waals surface area (Å²) in [6, 6.07) is 5.64. The van der Waals surface area contributed by atoms with Gasteiger partial charge in [-0.05, 0) is 38.1 Å². The third-order valence-electron chi connectivity index (χ3n) is 3.62. The van der Waals surface area contributed by atoms with Crippen LogP contribution < -0.4 is 10.1 Å². The van der Waals surface area contributed by atoms with Crippen LogP contribution in [0.4, 0.5) is 0 Å². The van der Waals surface area contributed by atoms with E-state index in [1.807, 2.05) is 20.0 Å². The number of methoxy groups -OCH3 is 1. The molecule has 1 aromatic carbocycles. The monoisotopic (exact) mass is 324 g/mol. The van der Waals surface area contributed by atoms with Crippen LogP contribution in [0, 0.1) is 13.8 Å². The first-order chi connectivity index (χ1) is 9.99. The van der Waals surface area contributed by atoms with Gasteiger partial charge in [0.05, 0.1) is 28.9 Å². The lowest BCUT2D eigenvalue weighted by molar-refractivity contribution is 0.401. The van der Waals surface area contributed by atoms with Crippen molar-refractivity contribution in [2.45, 2.75) is 19.9 Å². The average molecular weight is 325 g/mol. The minimum absolute atomic E-state index is 0.163. The van der Waals surface area contributed by atoms with Crippen molar-refractivity contribution in [2.75, 3.05) is 14.2 Å². The zero-order chi connectivity index (χ0) is 15.6. The van der Waals surface area contributed by atoms with E-state index in [9.17, 15) is 0 Å². The highest BCUT2D eigenvalue weighted by Crippen LogP contribution is 2.36. The fourth-order valence-corrected chi connectivity index (χ4v) is 2.88. The van der Waals surface area contributed by atoms with Gasteiger partial charge in [-0.1, -0.05) is 35.3 Å². The van der Waals surface area contributed by atoms with Gasteiger partial charge < -0.3 is 10.1 Å². The summed E-state index contributed by atoms with van der Waals surface area (Å²) >= 11 is 12.2. The summed E-state index contributed by atoms with van der Waals surface area (Å²) in [5, 5.41) is 4.30. The van der Waals surface area contributed by atoms with E-state index in [1.165, 1.54) is 5.56 Å². The van der Waals surface area contributed by atoms with Crippen molar-refractivity contribution in [1.82, 2.24) is 10.3 Å². The molecule has 2 rings (SSSR count). The van der Waals surface area contributed by atoms with E-state index in [-0.39, 0.29) is 6.04 Å². The fraction of sp³-hybridized carbons (Fsp3) is 0.312. The molecule has 0 amide bonds. The number of hydrogen-bond acceptors (Lipinski definition) is 3. The molecule has 0 aliphatic carbocycles. The maximum atomic E-state index is 6.29. The first-order valence-corrected chi connectivity index (χ1v) is 7.37. The smallest absolute Gasteiger partial charge is 0.127 e. The van der Waals surface area contributed by atoms with Crippen molar-refractivity contribution >= 4 is 23.2 Å². The number of aryl methyl sites for hydroxylation is 1. The predicted molar refractivity (Wildman–Crippen MR) is 87.6 cm³/mol. The quantitative estimate of drug-likeness (QED) is 0.909. The molecule has 0 saturated heterocycles. The zero-order valence-electron chi connectivity index (χ0n) is 12.5. The summed E-state index contributed by atoms with van der Waals surface area (Å²) < 4.78 is 5.59. The van der Waals surface area contributed by atoms with Gasteiger partial charge in [-0.25, -0.2) is 0 Å². The lowest BCUT2D eigenvalue weighted by Gasteiger charge is -2.22. The molecule has 1 unspecified atom stereocenters. The number of pyridine rings is 1. The second-order valence-electron chi connectivity index (χ2n) is 4.87. The van der Waals surface area contributed by atoms with Crippen LogP contribution in [0.5, 0.6) is 5.75 Å². The van der Waals surface area contributed by atoms with Crippen LogP contribution in [0.25, 0.3) is 0 Å². The highest BCUT2D eigenvalue weighted by atomic mass is 35.5. The van der Waals surface area contributed by atoms with Gasteiger partial charge in [0.25, 0.3) is 0 Å². The Morgan fingerprint density at radius 1 is 1.24 bits per heavy atom. The van der Waals surface area contributed by atoms with Crippen LogP contribution in [-0.2, 0) is 0 Å². The molecule has 0 aliphatic heterocycles. The van der Waals surface area contributed by atoms with Crippen LogP contribution in [0.2, 0.25) is 10.0 Å². The summed E-state index contributed by atoms with van der Waals surface area (Å²) in [5.41, 5.74) is 4.02. The van der Waals surface area contributed by atoms with Gasteiger partial charge in [-0.3, -0.25) is 4.98 Å². The van der Waals surface area contributed by atoms with Gasteiger partial charge in [0.2, 0.25) is 0 Å². The molecule has 1 N–H and O–H groups in total. The van der Waals surface area contributed by atoms with Gasteiger partial charge in [-0.2, -0.15) is 0 Å². The number of ether oxygens (including phenoxy) is 1. The molecule has 1 atom stereocenters. The largest absolute Gasteiger partial charge is 0.496 e. The molecular weight excluding hydrogens is 307 g/mol. The Labute approximate surface area is 135 Å². The maximum Gasteiger partial charge on any atom is 0.127 e. The summed E-state index contributed by atoms with van der Waals surface area (Å²) in [7, 11) is 3.54. The number of hydrogen-bond donors (Lipinski definition) is 1. The molecule has 112 valence electrons. The normalized spacial score (nSPS) is 12.3. The van der Waals surface area contributed by atoms with Gasteiger partial charge in [0.1, 0.15) is 5.75 Å². The molecule has 1 aromatic heterocycles. The van der Waals surface area contributed by atoms with E-state index in [0.717, 1.165) is 22.6 Å². The number of rotatable bonds is 4. The third-order valence-corrected chi connectivity index (χ3v) is 4.13. The van der Waals surface area contributed by atoms with Crippen molar-refractivity contribution in [1.29, 1.82) is 0 Å². The predicted octanol–water partition coefficient (Wildman–Crippen LogP) is 4.32. The minimum Gasteiger partial charge on any atom is -0.496 e. The molecule has 3 nitrogen and oxygen atoms in total. The molecule has 1 heterocycles. The number of aromatic nitrogens is 1. The van der Waals surface area contributed by atoms with Gasteiger partial charge in [0, 0.05) is 11.8 Å². The van der Waals surface area contributed by atoms with Crippen LogP contribution in [0.15, 0.2) is 24.4 Å². The molecule has 0 radical (unpaired) electrons. The zero-order valence-corrected chi connectivity index (χ0v) is 14.0. The number of nitrogens with zero attached hydrogens (tertiary/aromatic N) is 1. The maximum absolute atomic E-state index is 6.29. The molecule has 0 saturated carbocycles. The van der Waals surface area contributed by atoms with Crippen molar-refractivity contribution in [3.05, 3.63) is 56.8 Å². The molecule has 2 aromatic rings. The molecule has 0 aliphatic rings. The van der Waals surface area contributed by atoms with Crippen LogP contribution in [0.3, 0.4) is 0 Å². The topological polar surface area (TPSA) is 34.1 Å². The lowest BCUT2D eigenvalue weighted by Crippen LogP contribution is -2.20. The lowest BCUT2D eigenvalue weighted by atomic mass is 9.97. The van der Waals surface area contributed by atoms with Crippen molar-refractivity contribution < 1.29 is 4.74 Å². The second kappa shape index (κ2) is 6.65. The first-order valence-electron chi connectivity index (χ1n) is 6.61. The summed E-state index contributed by atoms with van der Waals surface area (Å²) in [5.74, 6) is 0.849. The second-order valence-corrected chi connectivity index (χ2v) is 5.72. The summed E-state index contributed by atoms with van der Waals surface area (Å²) in [4.78, 5) is 4.37. The molecule has 0 fully saturated rings. The van der Waals surface area contributed by atoms with Crippen molar-refractivity contribution in [3.63, 3.8) is 0 Å². The number of halogens is 2. The van der Waals surface area contributed by atoms with Crippen LogP contribution >= 0.6 is 23.2 Å². The molecular formula is C16H18Cl2N2O. The molecule has 0 spiro atoms. The van der Waals surface area contributed by atoms with Crippen LogP contribution in [0.1, 0.15) is 28.4 Å².